The summed E-state index contributed by atoms with van der Waals surface area (Å²) in [5.74, 6) is 3.02. The second kappa shape index (κ2) is 6.71. The summed E-state index contributed by atoms with van der Waals surface area (Å²) < 4.78 is 10.8. The van der Waals surface area contributed by atoms with E-state index >= 15 is 0 Å². The van der Waals surface area contributed by atoms with E-state index in [1.165, 1.54) is 0 Å². The Labute approximate surface area is 159 Å². The summed E-state index contributed by atoms with van der Waals surface area (Å²) in [6.07, 6.45) is 3.91. The minimum atomic E-state index is -0.573. The lowest BCUT2D eigenvalue weighted by Gasteiger charge is -2.40. The molecule has 2 heterocycles. The van der Waals surface area contributed by atoms with E-state index in [0.717, 1.165) is 49.7 Å². The maximum Gasteiger partial charge on any atom is 0.227 e. The number of hydrogen-bond acceptors (Lipinski definition) is 7. The first-order valence-corrected chi connectivity index (χ1v) is 9.65. The molecule has 0 spiro atoms. The zero-order valence-corrected chi connectivity index (χ0v) is 16.2. The van der Waals surface area contributed by atoms with Gasteiger partial charge in [0.15, 0.2) is 11.5 Å². The molecule has 27 heavy (non-hydrogen) atoms. The zero-order valence-electron chi connectivity index (χ0n) is 16.2. The first kappa shape index (κ1) is 18.1. The van der Waals surface area contributed by atoms with Crippen LogP contribution in [-0.4, -0.2) is 48.0 Å². The summed E-state index contributed by atoms with van der Waals surface area (Å²) in [5.41, 5.74) is 6.40. The molecule has 1 aliphatic heterocycles. The van der Waals surface area contributed by atoms with Crippen LogP contribution in [0.1, 0.15) is 32.6 Å². The van der Waals surface area contributed by atoms with Gasteiger partial charge in [-0.15, -0.1) is 0 Å². The van der Waals surface area contributed by atoms with Crippen LogP contribution in [0.25, 0.3) is 10.9 Å². The zero-order chi connectivity index (χ0) is 19.2. The molecule has 1 aliphatic carbocycles. The van der Waals surface area contributed by atoms with Gasteiger partial charge >= 0.3 is 0 Å². The number of aromatic nitrogens is 2. The standard InChI is InChI=1S/C20H28N4O3/c1-4-20(25)7-5-6-12-10-24(11-14(12)20)19-22-15-9-17(27-3)16(26-2)8-13(15)18(21)23-19/h8-9,12,14,25H,4-7,10-11H2,1-3H3,(H2,21,22,23)/t12-,14+,20-/m0/s1. The second-order valence-electron chi connectivity index (χ2n) is 7.75. The molecule has 3 N–H and O–H groups in total. The van der Waals surface area contributed by atoms with E-state index in [-0.39, 0.29) is 5.92 Å². The molecule has 146 valence electrons. The van der Waals surface area contributed by atoms with Crippen LogP contribution in [0.2, 0.25) is 0 Å². The maximum atomic E-state index is 11.0. The summed E-state index contributed by atoms with van der Waals surface area (Å²) in [6, 6.07) is 3.65. The van der Waals surface area contributed by atoms with Crippen LogP contribution in [0.3, 0.4) is 0 Å². The number of nitrogens with two attached hydrogens (primary N) is 1. The Bertz CT molecular complexity index is 859. The summed E-state index contributed by atoms with van der Waals surface area (Å²) in [6.45, 7) is 3.72. The molecule has 2 fully saturated rings. The third-order valence-corrected chi connectivity index (χ3v) is 6.43. The number of fused-ring (bicyclic) bond motifs is 2. The number of rotatable bonds is 4. The molecule has 1 saturated heterocycles. The molecule has 7 nitrogen and oxygen atoms in total. The van der Waals surface area contributed by atoms with Gasteiger partial charge < -0.3 is 25.2 Å². The Morgan fingerprint density at radius 3 is 2.67 bits per heavy atom. The summed E-state index contributed by atoms with van der Waals surface area (Å²) in [7, 11) is 3.20. The summed E-state index contributed by atoms with van der Waals surface area (Å²) in [4.78, 5) is 11.5. The lowest BCUT2D eigenvalue weighted by molar-refractivity contribution is -0.0597. The number of methoxy groups -OCH3 is 2. The fourth-order valence-corrected chi connectivity index (χ4v) is 4.84. The summed E-state index contributed by atoms with van der Waals surface area (Å²) >= 11 is 0. The first-order valence-electron chi connectivity index (χ1n) is 9.65. The third kappa shape index (κ3) is 2.94. The average molecular weight is 372 g/mol. The van der Waals surface area contributed by atoms with Gasteiger partial charge in [-0.05, 0) is 31.2 Å². The van der Waals surface area contributed by atoms with Gasteiger partial charge in [0.05, 0.1) is 25.3 Å². The van der Waals surface area contributed by atoms with Crippen molar-refractivity contribution in [3.8, 4) is 11.5 Å². The molecule has 1 aromatic heterocycles. The molecule has 2 aliphatic rings. The van der Waals surface area contributed by atoms with Crippen LogP contribution in [-0.2, 0) is 0 Å². The Morgan fingerprint density at radius 1 is 1.22 bits per heavy atom. The lowest BCUT2D eigenvalue weighted by Crippen LogP contribution is -2.44. The van der Waals surface area contributed by atoms with E-state index in [4.69, 9.17) is 20.2 Å². The van der Waals surface area contributed by atoms with Gasteiger partial charge in [-0.3, -0.25) is 0 Å². The van der Waals surface area contributed by atoms with Crippen LogP contribution in [0.4, 0.5) is 11.8 Å². The van der Waals surface area contributed by atoms with Crippen LogP contribution in [0.15, 0.2) is 12.1 Å². The number of aliphatic hydroxyl groups is 1. The molecule has 0 bridgehead atoms. The van der Waals surface area contributed by atoms with Crippen molar-refractivity contribution in [2.24, 2.45) is 11.8 Å². The van der Waals surface area contributed by atoms with Crippen LogP contribution in [0, 0.1) is 11.8 Å². The molecule has 0 radical (unpaired) electrons. The highest BCUT2D eigenvalue weighted by atomic mass is 16.5. The third-order valence-electron chi connectivity index (χ3n) is 6.43. The molecule has 4 rings (SSSR count). The van der Waals surface area contributed by atoms with Gasteiger partial charge in [0.25, 0.3) is 0 Å². The monoisotopic (exact) mass is 372 g/mol. The molecular formula is C20H28N4O3. The predicted octanol–water partition coefficient (Wildman–Crippen LogP) is 2.61. The van der Waals surface area contributed by atoms with Gasteiger partial charge in [0, 0.05) is 30.5 Å². The van der Waals surface area contributed by atoms with E-state index in [2.05, 4.69) is 16.8 Å². The molecule has 0 unspecified atom stereocenters. The molecule has 1 aromatic carbocycles. The first-order chi connectivity index (χ1) is 13.0. The maximum absolute atomic E-state index is 11.0. The number of nitrogen functional groups attached to an aromatic ring is 1. The van der Waals surface area contributed by atoms with Crippen molar-refractivity contribution in [2.75, 3.05) is 37.9 Å². The lowest BCUT2D eigenvalue weighted by atomic mass is 9.69. The highest BCUT2D eigenvalue weighted by Crippen LogP contribution is 2.45. The molecule has 3 atom stereocenters. The van der Waals surface area contributed by atoms with Crippen molar-refractivity contribution in [3.63, 3.8) is 0 Å². The number of benzene rings is 1. The van der Waals surface area contributed by atoms with E-state index < -0.39 is 5.60 Å². The number of anilines is 2. The smallest absolute Gasteiger partial charge is 0.227 e. The highest BCUT2D eigenvalue weighted by molar-refractivity contribution is 5.91. The second-order valence-corrected chi connectivity index (χ2v) is 7.75. The van der Waals surface area contributed by atoms with Crippen molar-refractivity contribution in [2.45, 2.75) is 38.2 Å². The van der Waals surface area contributed by atoms with E-state index in [9.17, 15) is 5.11 Å². The number of nitrogens with zero attached hydrogens (tertiary/aromatic N) is 3. The van der Waals surface area contributed by atoms with Crippen molar-refractivity contribution in [3.05, 3.63) is 12.1 Å². The summed E-state index contributed by atoms with van der Waals surface area (Å²) in [5, 5.41) is 11.8. The van der Waals surface area contributed by atoms with Gasteiger partial charge in [0.1, 0.15) is 5.82 Å². The van der Waals surface area contributed by atoms with E-state index in [1.54, 1.807) is 14.2 Å². The van der Waals surface area contributed by atoms with Gasteiger partial charge in [0.2, 0.25) is 5.95 Å². The highest BCUT2D eigenvalue weighted by Gasteiger charge is 2.48. The normalized spacial score (nSPS) is 27.6. The molecular weight excluding hydrogens is 344 g/mol. The Hall–Kier alpha value is -2.28. The van der Waals surface area contributed by atoms with Gasteiger partial charge in [-0.1, -0.05) is 13.3 Å². The van der Waals surface area contributed by atoms with Crippen LogP contribution >= 0.6 is 0 Å². The van der Waals surface area contributed by atoms with E-state index in [1.807, 2.05) is 12.1 Å². The van der Waals surface area contributed by atoms with Gasteiger partial charge in [-0.25, -0.2) is 4.98 Å². The minimum Gasteiger partial charge on any atom is -0.493 e. The van der Waals surface area contributed by atoms with Gasteiger partial charge in [-0.2, -0.15) is 4.98 Å². The molecule has 7 heteroatoms. The SMILES string of the molecule is CC[C@]1(O)CCC[C@H]2CN(c3nc(N)c4cc(OC)c(OC)cc4n3)C[C@H]21. The molecule has 2 aromatic rings. The Balaban J connectivity index is 1.70. The quantitative estimate of drug-likeness (QED) is 0.852. The van der Waals surface area contributed by atoms with E-state index in [0.29, 0.717) is 29.2 Å². The van der Waals surface area contributed by atoms with Crippen molar-refractivity contribution in [1.29, 1.82) is 0 Å². The van der Waals surface area contributed by atoms with Crippen LogP contribution in [0.5, 0.6) is 11.5 Å². The molecule has 0 amide bonds. The van der Waals surface area contributed by atoms with Crippen LogP contribution < -0.4 is 20.1 Å². The Kier molecular flexibility index (Phi) is 4.50. The fourth-order valence-electron chi connectivity index (χ4n) is 4.84. The number of ether oxygens (including phenoxy) is 2. The largest absolute Gasteiger partial charge is 0.493 e. The van der Waals surface area contributed by atoms with Crippen molar-refractivity contribution >= 4 is 22.7 Å². The minimum absolute atomic E-state index is 0.266. The Morgan fingerprint density at radius 2 is 1.96 bits per heavy atom. The topological polar surface area (TPSA) is 93.7 Å². The van der Waals surface area contributed by atoms with Crippen molar-refractivity contribution < 1.29 is 14.6 Å². The fraction of sp³-hybridized carbons (Fsp3) is 0.600. The average Bonchev–Trinajstić information content (AvgIpc) is 3.13. The number of hydrogen-bond donors (Lipinski definition) is 2. The predicted molar refractivity (Wildman–Crippen MR) is 105 cm³/mol. The van der Waals surface area contributed by atoms with Crippen molar-refractivity contribution in [1.82, 2.24) is 9.97 Å². The molecule has 1 saturated carbocycles.